The zero-order chi connectivity index (χ0) is 16.9. The van der Waals surface area contributed by atoms with Crippen molar-refractivity contribution in [2.75, 3.05) is 39.8 Å². The molecule has 0 aliphatic carbocycles. The van der Waals surface area contributed by atoms with Crippen LogP contribution >= 0.6 is 0 Å². The summed E-state index contributed by atoms with van der Waals surface area (Å²) in [6, 6.07) is 0. The number of aromatic nitrogens is 1. The van der Waals surface area contributed by atoms with E-state index in [9.17, 15) is 0 Å². The van der Waals surface area contributed by atoms with Crippen molar-refractivity contribution >= 4 is 5.96 Å². The molecule has 130 valence electrons. The summed E-state index contributed by atoms with van der Waals surface area (Å²) >= 11 is 0. The van der Waals surface area contributed by atoms with Gasteiger partial charge in [-0.05, 0) is 27.7 Å². The minimum absolute atomic E-state index is 0.0541. The molecule has 1 aliphatic heterocycles. The van der Waals surface area contributed by atoms with E-state index in [1.54, 1.807) is 7.05 Å². The largest absolute Gasteiger partial charge is 0.373 e. The standard InChI is InChI=1S/C16H29N5O2/c1-12-14(13(2)23-20-12)10-19-15(17-5)18-6-7-21-8-9-22-16(3,4)11-21/h6-11H2,1-5H3,(H2,17,18,19). The smallest absolute Gasteiger partial charge is 0.191 e. The Morgan fingerprint density at radius 2 is 2.13 bits per heavy atom. The first-order chi connectivity index (χ1) is 10.9. The Kier molecular flexibility index (Phi) is 6.01. The van der Waals surface area contributed by atoms with Crippen LogP contribution in [0.15, 0.2) is 9.52 Å². The molecule has 0 spiro atoms. The quantitative estimate of drug-likeness (QED) is 0.624. The van der Waals surface area contributed by atoms with E-state index >= 15 is 0 Å². The number of hydrogen-bond donors (Lipinski definition) is 2. The first-order valence-electron chi connectivity index (χ1n) is 8.14. The van der Waals surface area contributed by atoms with Gasteiger partial charge in [-0.25, -0.2) is 0 Å². The molecule has 23 heavy (non-hydrogen) atoms. The molecule has 7 nitrogen and oxygen atoms in total. The van der Waals surface area contributed by atoms with Gasteiger partial charge in [0.15, 0.2) is 5.96 Å². The fourth-order valence-corrected chi connectivity index (χ4v) is 2.78. The number of aliphatic imine (C=N–C) groups is 1. The molecule has 7 heteroatoms. The van der Waals surface area contributed by atoms with Gasteiger partial charge in [0.1, 0.15) is 5.76 Å². The third kappa shape index (κ3) is 5.21. The average molecular weight is 323 g/mol. The lowest BCUT2D eigenvalue weighted by atomic mass is 10.1. The number of nitrogens with zero attached hydrogens (tertiary/aromatic N) is 3. The summed E-state index contributed by atoms with van der Waals surface area (Å²) in [6.45, 7) is 13.4. The Bertz CT molecular complexity index is 519. The number of rotatable bonds is 5. The van der Waals surface area contributed by atoms with Gasteiger partial charge in [0, 0.05) is 45.3 Å². The van der Waals surface area contributed by atoms with Crippen LogP contribution in [0.4, 0.5) is 0 Å². The maximum atomic E-state index is 5.73. The molecule has 1 aliphatic rings. The van der Waals surface area contributed by atoms with E-state index < -0.39 is 0 Å². The molecule has 0 aromatic carbocycles. The molecular weight excluding hydrogens is 294 g/mol. The van der Waals surface area contributed by atoms with Crippen LogP contribution in [0.2, 0.25) is 0 Å². The highest BCUT2D eigenvalue weighted by atomic mass is 16.5. The second-order valence-corrected chi connectivity index (χ2v) is 6.54. The summed E-state index contributed by atoms with van der Waals surface area (Å²) in [7, 11) is 1.78. The lowest BCUT2D eigenvalue weighted by Gasteiger charge is -2.38. The van der Waals surface area contributed by atoms with Gasteiger partial charge in [0.05, 0.1) is 17.9 Å². The normalized spacial score (nSPS) is 18.9. The van der Waals surface area contributed by atoms with Gasteiger partial charge < -0.3 is 19.9 Å². The van der Waals surface area contributed by atoms with Crippen molar-refractivity contribution in [1.29, 1.82) is 0 Å². The molecule has 1 aromatic heterocycles. The van der Waals surface area contributed by atoms with Crippen LogP contribution in [-0.2, 0) is 11.3 Å². The zero-order valence-corrected chi connectivity index (χ0v) is 14.9. The van der Waals surface area contributed by atoms with Gasteiger partial charge >= 0.3 is 0 Å². The summed E-state index contributed by atoms with van der Waals surface area (Å²) in [4.78, 5) is 6.67. The maximum Gasteiger partial charge on any atom is 0.191 e. The average Bonchev–Trinajstić information content (AvgIpc) is 2.81. The number of guanidine groups is 1. The summed E-state index contributed by atoms with van der Waals surface area (Å²) in [5.41, 5.74) is 1.95. The lowest BCUT2D eigenvalue weighted by Crippen LogP contribution is -2.50. The molecule has 0 radical (unpaired) electrons. The molecular formula is C16H29N5O2. The van der Waals surface area contributed by atoms with E-state index in [2.05, 4.69) is 39.5 Å². The third-order valence-corrected chi connectivity index (χ3v) is 4.06. The van der Waals surface area contributed by atoms with Crippen molar-refractivity contribution in [3.8, 4) is 0 Å². The molecule has 1 fully saturated rings. The van der Waals surface area contributed by atoms with E-state index in [-0.39, 0.29) is 5.60 Å². The lowest BCUT2D eigenvalue weighted by molar-refractivity contribution is -0.0852. The topological polar surface area (TPSA) is 74.9 Å². The van der Waals surface area contributed by atoms with E-state index in [0.29, 0.717) is 6.54 Å². The Morgan fingerprint density at radius 3 is 2.74 bits per heavy atom. The SMILES string of the molecule is CN=C(NCCN1CCOC(C)(C)C1)NCc1c(C)noc1C. The van der Waals surface area contributed by atoms with Gasteiger partial charge in [-0.3, -0.25) is 9.89 Å². The fraction of sp³-hybridized carbons (Fsp3) is 0.750. The van der Waals surface area contributed by atoms with Crippen LogP contribution in [0, 0.1) is 13.8 Å². The van der Waals surface area contributed by atoms with Crippen molar-refractivity contribution in [2.24, 2.45) is 4.99 Å². The van der Waals surface area contributed by atoms with E-state index in [1.807, 2.05) is 13.8 Å². The van der Waals surface area contributed by atoms with Crippen molar-refractivity contribution in [3.63, 3.8) is 0 Å². The van der Waals surface area contributed by atoms with Gasteiger partial charge in [0.25, 0.3) is 0 Å². The Balaban J connectivity index is 1.73. The summed E-state index contributed by atoms with van der Waals surface area (Å²) in [5, 5.41) is 10.6. The number of hydrogen-bond acceptors (Lipinski definition) is 5. The molecule has 1 aromatic rings. The van der Waals surface area contributed by atoms with E-state index in [0.717, 1.165) is 55.8 Å². The number of nitrogens with one attached hydrogen (secondary N) is 2. The van der Waals surface area contributed by atoms with Gasteiger partial charge in [-0.15, -0.1) is 0 Å². The van der Waals surface area contributed by atoms with Crippen LogP contribution in [0.1, 0.15) is 30.9 Å². The molecule has 2 N–H and O–H groups in total. The van der Waals surface area contributed by atoms with Gasteiger partial charge in [-0.1, -0.05) is 5.16 Å². The molecule has 0 unspecified atom stereocenters. The monoisotopic (exact) mass is 323 g/mol. The highest BCUT2D eigenvalue weighted by Crippen LogP contribution is 2.15. The second kappa shape index (κ2) is 7.79. The highest BCUT2D eigenvalue weighted by Gasteiger charge is 2.26. The van der Waals surface area contributed by atoms with Gasteiger partial charge in [-0.2, -0.15) is 0 Å². The second-order valence-electron chi connectivity index (χ2n) is 6.54. The summed E-state index contributed by atoms with van der Waals surface area (Å²) in [6.07, 6.45) is 0. The number of morpholine rings is 1. The maximum absolute atomic E-state index is 5.73. The van der Waals surface area contributed by atoms with Crippen LogP contribution in [0.5, 0.6) is 0 Å². The molecule has 0 bridgehead atoms. The number of ether oxygens (including phenoxy) is 1. The predicted molar refractivity (Wildman–Crippen MR) is 90.6 cm³/mol. The van der Waals surface area contributed by atoms with Gasteiger partial charge in [0.2, 0.25) is 0 Å². The van der Waals surface area contributed by atoms with Crippen LogP contribution in [0.25, 0.3) is 0 Å². The predicted octanol–water partition coefficient (Wildman–Crippen LogP) is 1.07. The Hall–Kier alpha value is -1.60. The van der Waals surface area contributed by atoms with Crippen molar-refractivity contribution < 1.29 is 9.26 Å². The van der Waals surface area contributed by atoms with Crippen molar-refractivity contribution in [1.82, 2.24) is 20.7 Å². The Labute approximate surface area is 138 Å². The minimum atomic E-state index is -0.0541. The number of aryl methyl sites for hydroxylation is 2. The van der Waals surface area contributed by atoms with Crippen molar-refractivity contribution in [3.05, 3.63) is 17.0 Å². The summed E-state index contributed by atoms with van der Waals surface area (Å²) in [5.74, 6) is 1.64. The molecule has 0 atom stereocenters. The first kappa shape index (κ1) is 17.7. The summed E-state index contributed by atoms with van der Waals surface area (Å²) < 4.78 is 10.9. The van der Waals surface area contributed by atoms with Crippen molar-refractivity contribution in [2.45, 2.75) is 39.8 Å². The highest BCUT2D eigenvalue weighted by molar-refractivity contribution is 5.79. The van der Waals surface area contributed by atoms with Crippen LogP contribution in [-0.4, -0.2) is 61.5 Å². The van der Waals surface area contributed by atoms with Crippen LogP contribution in [0.3, 0.4) is 0 Å². The minimum Gasteiger partial charge on any atom is -0.373 e. The molecule has 2 rings (SSSR count). The molecule has 0 amide bonds. The van der Waals surface area contributed by atoms with E-state index in [1.165, 1.54) is 0 Å². The van der Waals surface area contributed by atoms with E-state index in [4.69, 9.17) is 9.26 Å². The molecule has 2 heterocycles. The Morgan fingerprint density at radius 1 is 1.35 bits per heavy atom. The third-order valence-electron chi connectivity index (χ3n) is 4.06. The zero-order valence-electron chi connectivity index (χ0n) is 14.9. The first-order valence-corrected chi connectivity index (χ1v) is 8.14. The van der Waals surface area contributed by atoms with Crippen LogP contribution < -0.4 is 10.6 Å². The fourth-order valence-electron chi connectivity index (χ4n) is 2.78. The molecule has 0 saturated carbocycles. The molecule has 1 saturated heterocycles.